The third kappa shape index (κ3) is 3.71. The summed E-state index contributed by atoms with van der Waals surface area (Å²) in [6, 6.07) is 14.2. The quantitative estimate of drug-likeness (QED) is 0.876. The maximum absolute atomic E-state index is 6.44. The maximum atomic E-state index is 6.44. The predicted molar refractivity (Wildman–Crippen MR) is 82.2 cm³/mol. The Kier molecular flexibility index (Phi) is 4.63. The van der Waals surface area contributed by atoms with Gasteiger partial charge in [0.25, 0.3) is 0 Å². The highest BCUT2D eigenvalue weighted by Gasteiger charge is 2.29. The van der Waals surface area contributed by atoms with E-state index < -0.39 is 0 Å². The normalized spacial score (nSPS) is 13.7. The number of furan rings is 1. The highest BCUT2D eigenvalue weighted by molar-refractivity contribution is 5.20. The van der Waals surface area contributed by atoms with E-state index in [1.807, 2.05) is 30.3 Å². The fraction of sp³-hybridized carbons (Fsp3) is 0.412. The van der Waals surface area contributed by atoms with E-state index in [-0.39, 0.29) is 11.5 Å². The highest BCUT2D eigenvalue weighted by Crippen LogP contribution is 2.32. The summed E-state index contributed by atoms with van der Waals surface area (Å²) in [5.41, 5.74) is 7.62. The lowest BCUT2D eigenvalue weighted by Crippen LogP contribution is -2.39. The minimum absolute atomic E-state index is 0.0112. The van der Waals surface area contributed by atoms with E-state index >= 15 is 0 Å². The Hall–Kier alpha value is -1.58. The molecule has 0 spiro atoms. The van der Waals surface area contributed by atoms with Gasteiger partial charge in [0.2, 0.25) is 0 Å². The first-order valence-electron chi connectivity index (χ1n) is 7.00. The summed E-state index contributed by atoms with van der Waals surface area (Å²) in [5.74, 6) is 0.983. The van der Waals surface area contributed by atoms with Gasteiger partial charge in [0.05, 0.1) is 12.8 Å². The van der Waals surface area contributed by atoms with Crippen LogP contribution in [0.25, 0.3) is 0 Å². The Balaban J connectivity index is 1.99. The van der Waals surface area contributed by atoms with Crippen molar-refractivity contribution in [3.63, 3.8) is 0 Å². The lowest BCUT2D eigenvalue weighted by atomic mass is 9.80. The molecule has 1 aromatic heterocycles. The second kappa shape index (κ2) is 6.25. The van der Waals surface area contributed by atoms with E-state index in [0.29, 0.717) is 0 Å². The van der Waals surface area contributed by atoms with Crippen LogP contribution < -0.4 is 5.73 Å². The van der Waals surface area contributed by atoms with Crippen molar-refractivity contribution in [3.8, 4) is 0 Å². The van der Waals surface area contributed by atoms with Gasteiger partial charge in [-0.3, -0.25) is 4.90 Å². The first-order chi connectivity index (χ1) is 9.49. The van der Waals surface area contributed by atoms with Crippen LogP contribution in [-0.4, -0.2) is 18.5 Å². The Morgan fingerprint density at radius 3 is 2.45 bits per heavy atom. The average molecular weight is 272 g/mol. The molecule has 1 heterocycles. The lowest BCUT2D eigenvalue weighted by molar-refractivity contribution is 0.164. The van der Waals surface area contributed by atoms with Crippen LogP contribution in [0.2, 0.25) is 0 Å². The second-order valence-electron chi connectivity index (χ2n) is 6.13. The molecule has 0 radical (unpaired) electrons. The van der Waals surface area contributed by atoms with Crippen molar-refractivity contribution in [2.45, 2.75) is 26.4 Å². The molecule has 0 saturated carbocycles. The molecule has 0 bridgehead atoms. The summed E-state index contributed by atoms with van der Waals surface area (Å²) in [7, 11) is 2.10. The number of nitrogens with zero attached hydrogens (tertiary/aromatic N) is 1. The van der Waals surface area contributed by atoms with E-state index in [4.69, 9.17) is 10.2 Å². The second-order valence-corrected chi connectivity index (χ2v) is 6.13. The molecule has 2 rings (SSSR count). The first kappa shape index (κ1) is 14.8. The van der Waals surface area contributed by atoms with Crippen molar-refractivity contribution in [2.24, 2.45) is 11.1 Å². The van der Waals surface area contributed by atoms with Crippen LogP contribution in [0.15, 0.2) is 53.1 Å². The number of rotatable bonds is 6. The van der Waals surface area contributed by atoms with Gasteiger partial charge in [0.1, 0.15) is 5.76 Å². The molecule has 0 aliphatic heterocycles. The molecular weight excluding hydrogens is 248 g/mol. The van der Waals surface area contributed by atoms with Crippen molar-refractivity contribution in [1.82, 2.24) is 4.90 Å². The molecule has 20 heavy (non-hydrogen) atoms. The molecule has 1 aromatic carbocycles. The van der Waals surface area contributed by atoms with Crippen molar-refractivity contribution in [2.75, 3.05) is 13.6 Å². The third-order valence-electron chi connectivity index (χ3n) is 3.68. The number of nitrogens with two attached hydrogens (primary N) is 1. The van der Waals surface area contributed by atoms with E-state index in [1.54, 1.807) is 6.26 Å². The van der Waals surface area contributed by atoms with Gasteiger partial charge in [-0.25, -0.2) is 0 Å². The van der Waals surface area contributed by atoms with E-state index in [9.17, 15) is 0 Å². The van der Waals surface area contributed by atoms with Crippen LogP contribution in [0.3, 0.4) is 0 Å². The van der Waals surface area contributed by atoms with Crippen molar-refractivity contribution in [1.29, 1.82) is 0 Å². The monoisotopic (exact) mass is 272 g/mol. The third-order valence-corrected chi connectivity index (χ3v) is 3.68. The van der Waals surface area contributed by atoms with Gasteiger partial charge in [-0.2, -0.15) is 0 Å². The van der Waals surface area contributed by atoms with Crippen LogP contribution in [-0.2, 0) is 6.54 Å². The first-order valence-corrected chi connectivity index (χ1v) is 7.00. The molecule has 0 amide bonds. The van der Waals surface area contributed by atoms with Crippen molar-refractivity contribution in [3.05, 3.63) is 60.1 Å². The van der Waals surface area contributed by atoms with Crippen LogP contribution in [0.5, 0.6) is 0 Å². The van der Waals surface area contributed by atoms with Gasteiger partial charge in [-0.1, -0.05) is 44.2 Å². The maximum Gasteiger partial charge on any atom is 0.117 e. The molecule has 2 aromatic rings. The fourth-order valence-corrected chi connectivity index (χ4v) is 2.63. The Morgan fingerprint density at radius 2 is 1.85 bits per heavy atom. The highest BCUT2D eigenvalue weighted by atomic mass is 16.3. The van der Waals surface area contributed by atoms with E-state index in [1.165, 1.54) is 5.56 Å². The standard InChI is InChI=1S/C17H24N2O/c1-17(2,16(18)14-8-5-4-6-9-14)13-19(3)12-15-10-7-11-20-15/h4-11,16H,12-13,18H2,1-3H3. The van der Waals surface area contributed by atoms with Crippen LogP contribution in [0, 0.1) is 5.41 Å². The summed E-state index contributed by atoms with van der Waals surface area (Å²) in [5, 5.41) is 0. The summed E-state index contributed by atoms with van der Waals surface area (Å²) >= 11 is 0. The summed E-state index contributed by atoms with van der Waals surface area (Å²) < 4.78 is 5.39. The Bertz CT molecular complexity index is 505. The largest absolute Gasteiger partial charge is 0.468 e. The molecule has 0 aliphatic carbocycles. The van der Waals surface area contributed by atoms with Gasteiger partial charge in [0, 0.05) is 12.6 Å². The zero-order valence-electron chi connectivity index (χ0n) is 12.5. The van der Waals surface area contributed by atoms with Crippen LogP contribution in [0.4, 0.5) is 0 Å². The van der Waals surface area contributed by atoms with Gasteiger partial charge in [0.15, 0.2) is 0 Å². The van der Waals surface area contributed by atoms with E-state index in [0.717, 1.165) is 18.8 Å². The number of benzene rings is 1. The van der Waals surface area contributed by atoms with Crippen LogP contribution >= 0.6 is 0 Å². The molecular formula is C17H24N2O. The zero-order valence-corrected chi connectivity index (χ0v) is 12.5. The molecule has 0 fully saturated rings. The Labute approximate surface area is 121 Å². The molecule has 0 saturated heterocycles. The number of hydrogen-bond donors (Lipinski definition) is 1. The molecule has 0 aliphatic rings. The summed E-state index contributed by atoms with van der Waals surface area (Å²) in [6.07, 6.45) is 1.71. The van der Waals surface area contributed by atoms with Gasteiger partial charge < -0.3 is 10.2 Å². The summed E-state index contributed by atoms with van der Waals surface area (Å²) in [4.78, 5) is 2.25. The Morgan fingerprint density at radius 1 is 1.15 bits per heavy atom. The minimum atomic E-state index is -0.0112. The lowest BCUT2D eigenvalue weighted by Gasteiger charge is -2.35. The van der Waals surface area contributed by atoms with E-state index in [2.05, 4.69) is 37.9 Å². The van der Waals surface area contributed by atoms with Gasteiger partial charge >= 0.3 is 0 Å². The predicted octanol–water partition coefficient (Wildman–Crippen LogP) is 3.44. The smallest absolute Gasteiger partial charge is 0.117 e. The average Bonchev–Trinajstić information content (AvgIpc) is 2.91. The van der Waals surface area contributed by atoms with Gasteiger partial charge in [-0.05, 0) is 30.2 Å². The molecule has 3 heteroatoms. The summed E-state index contributed by atoms with van der Waals surface area (Å²) in [6.45, 7) is 6.13. The minimum Gasteiger partial charge on any atom is -0.468 e. The topological polar surface area (TPSA) is 42.4 Å². The molecule has 108 valence electrons. The fourth-order valence-electron chi connectivity index (χ4n) is 2.63. The molecule has 3 nitrogen and oxygen atoms in total. The number of hydrogen-bond acceptors (Lipinski definition) is 3. The van der Waals surface area contributed by atoms with Crippen LogP contribution in [0.1, 0.15) is 31.2 Å². The van der Waals surface area contributed by atoms with Crippen molar-refractivity contribution < 1.29 is 4.42 Å². The SMILES string of the molecule is CN(Cc1ccco1)CC(C)(C)C(N)c1ccccc1. The molecule has 2 N–H and O–H groups in total. The van der Waals surface area contributed by atoms with Gasteiger partial charge in [-0.15, -0.1) is 0 Å². The molecule has 1 unspecified atom stereocenters. The van der Waals surface area contributed by atoms with Crippen molar-refractivity contribution >= 4 is 0 Å². The zero-order chi connectivity index (χ0) is 14.6. The molecule has 1 atom stereocenters.